The molecular weight excluding hydrogens is 378 g/mol. The van der Waals surface area contributed by atoms with Gasteiger partial charge in [-0.2, -0.15) is 0 Å². The van der Waals surface area contributed by atoms with Gasteiger partial charge in [0.25, 0.3) is 0 Å². The predicted octanol–water partition coefficient (Wildman–Crippen LogP) is 3.72. The number of rotatable bonds is 5. The zero-order valence-electron chi connectivity index (χ0n) is 11.6. The summed E-state index contributed by atoms with van der Waals surface area (Å²) in [7, 11) is -3.52. The highest BCUT2D eigenvalue weighted by molar-refractivity contribution is 9.10. The van der Waals surface area contributed by atoms with Gasteiger partial charge in [-0.1, -0.05) is 30.9 Å². The molecule has 2 rings (SSSR count). The van der Waals surface area contributed by atoms with Crippen molar-refractivity contribution >= 4 is 37.6 Å². The van der Waals surface area contributed by atoms with Gasteiger partial charge in [-0.05, 0) is 47.0 Å². The Kier molecular flexibility index (Phi) is 5.57. The Labute approximate surface area is 139 Å². The molecule has 1 aromatic rings. The Balaban J connectivity index is 2.12. The van der Waals surface area contributed by atoms with Gasteiger partial charge in [0.05, 0.1) is 16.8 Å². The smallest absolute Gasteiger partial charge is 0.209 e. The summed E-state index contributed by atoms with van der Waals surface area (Å²) in [6.45, 7) is 0.351. The van der Waals surface area contributed by atoms with Crippen LogP contribution in [0.25, 0.3) is 0 Å². The molecule has 0 aromatic heterocycles. The van der Waals surface area contributed by atoms with Crippen LogP contribution in [0, 0.1) is 5.41 Å². The first-order chi connectivity index (χ1) is 9.80. The normalized spacial score (nSPS) is 18.4. The van der Waals surface area contributed by atoms with Crippen molar-refractivity contribution in [2.45, 2.75) is 32.1 Å². The summed E-state index contributed by atoms with van der Waals surface area (Å²) < 4.78 is 29.7. The van der Waals surface area contributed by atoms with Gasteiger partial charge >= 0.3 is 0 Å². The molecule has 0 unspecified atom stereocenters. The Morgan fingerprint density at radius 2 is 1.95 bits per heavy atom. The van der Waals surface area contributed by atoms with Crippen molar-refractivity contribution in [2.75, 3.05) is 12.4 Å². The molecule has 0 saturated heterocycles. The van der Waals surface area contributed by atoms with Crippen LogP contribution in [-0.2, 0) is 10.0 Å². The van der Waals surface area contributed by atoms with Crippen LogP contribution in [0.1, 0.15) is 32.1 Å². The van der Waals surface area contributed by atoms with Crippen molar-refractivity contribution in [3.63, 3.8) is 0 Å². The monoisotopic (exact) mass is 395 g/mol. The molecule has 0 radical (unpaired) electrons. The SMILES string of the molecule is NS(=O)(=O)CC1(COc2ccc(Cl)cc2Br)CCCCC1. The lowest BCUT2D eigenvalue weighted by Crippen LogP contribution is -2.40. The summed E-state index contributed by atoms with van der Waals surface area (Å²) in [5, 5.41) is 5.88. The highest BCUT2D eigenvalue weighted by Crippen LogP contribution is 2.38. The van der Waals surface area contributed by atoms with Crippen LogP contribution >= 0.6 is 27.5 Å². The highest BCUT2D eigenvalue weighted by atomic mass is 79.9. The van der Waals surface area contributed by atoms with E-state index in [9.17, 15) is 8.42 Å². The second-order valence-electron chi connectivity index (χ2n) is 5.73. The van der Waals surface area contributed by atoms with Crippen molar-refractivity contribution < 1.29 is 13.2 Å². The van der Waals surface area contributed by atoms with E-state index in [4.69, 9.17) is 21.5 Å². The first-order valence-corrected chi connectivity index (χ1v) is 9.77. The summed E-state index contributed by atoms with van der Waals surface area (Å²) in [4.78, 5) is 0. The molecular formula is C14H19BrClNO3S. The van der Waals surface area contributed by atoms with Crippen molar-refractivity contribution in [1.82, 2.24) is 0 Å². The highest BCUT2D eigenvalue weighted by Gasteiger charge is 2.36. The van der Waals surface area contributed by atoms with Gasteiger partial charge < -0.3 is 4.74 Å². The van der Waals surface area contributed by atoms with E-state index < -0.39 is 10.0 Å². The van der Waals surface area contributed by atoms with Crippen molar-refractivity contribution in [2.24, 2.45) is 10.6 Å². The third-order valence-electron chi connectivity index (χ3n) is 3.85. The Hall–Kier alpha value is -0.300. The van der Waals surface area contributed by atoms with Gasteiger partial charge in [-0.3, -0.25) is 0 Å². The molecule has 4 nitrogen and oxygen atoms in total. The molecule has 0 spiro atoms. The topological polar surface area (TPSA) is 69.4 Å². The van der Waals surface area contributed by atoms with E-state index in [0.29, 0.717) is 17.4 Å². The minimum atomic E-state index is -3.52. The number of benzene rings is 1. The molecule has 7 heteroatoms. The zero-order valence-corrected chi connectivity index (χ0v) is 14.8. The lowest BCUT2D eigenvalue weighted by Gasteiger charge is -2.36. The maximum atomic E-state index is 11.5. The number of ether oxygens (including phenoxy) is 1. The number of halogens is 2. The fraction of sp³-hybridized carbons (Fsp3) is 0.571. The van der Waals surface area contributed by atoms with Gasteiger partial charge in [0.2, 0.25) is 10.0 Å². The summed E-state index contributed by atoms with van der Waals surface area (Å²) in [5.41, 5.74) is -0.384. The zero-order chi connectivity index (χ0) is 15.5. The molecule has 0 heterocycles. The van der Waals surface area contributed by atoms with Crippen LogP contribution < -0.4 is 9.88 Å². The van der Waals surface area contributed by atoms with Crippen LogP contribution in [0.5, 0.6) is 5.75 Å². The molecule has 1 aliphatic carbocycles. The summed E-state index contributed by atoms with van der Waals surface area (Å²) in [5.74, 6) is 0.643. The molecule has 1 aromatic carbocycles. The fourth-order valence-electron chi connectivity index (χ4n) is 2.88. The maximum absolute atomic E-state index is 11.5. The largest absolute Gasteiger partial charge is 0.492 e. The molecule has 0 atom stereocenters. The number of sulfonamides is 1. The molecule has 1 fully saturated rings. The van der Waals surface area contributed by atoms with Crippen LogP contribution in [0.15, 0.2) is 22.7 Å². The van der Waals surface area contributed by atoms with E-state index in [1.807, 2.05) is 0 Å². The van der Waals surface area contributed by atoms with E-state index >= 15 is 0 Å². The Morgan fingerprint density at radius 3 is 2.52 bits per heavy atom. The first kappa shape index (κ1) is 17.1. The van der Waals surface area contributed by atoms with E-state index in [0.717, 1.165) is 36.6 Å². The lowest BCUT2D eigenvalue weighted by molar-refractivity contribution is 0.118. The molecule has 1 aliphatic rings. The third kappa shape index (κ3) is 5.13. The van der Waals surface area contributed by atoms with E-state index in [1.54, 1.807) is 18.2 Å². The second-order valence-corrected chi connectivity index (χ2v) is 8.64. The van der Waals surface area contributed by atoms with Crippen molar-refractivity contribution in [3.8, 4) is 5.75 Å². The predicted molar refractivity (Wildman–Crippen MR) is 88.1 cm³/mol. The van der Waals surface area contributed by atoms with Crippen molar-refractivity contribution in [1.29, 1.82) is 0 Å². The maximum Gasteiger partial charge on any atom is 0.209 e. The van der Waals surface area contributed by atoms with E-state index in [2.05, 4.69) is 15.9 Å². The van der Waals surface area contributed by atoms with Crippen LogP contribution in [0.2, 0.25) is 5.02 Å². The van der Waals surface area contributed by atoms with Crippen LogP contribution in [0.3, 0.4) is 0 Å². The van der Waals surface area contributed by atoms with Crippen molar-refractivity contribution in [3.05, 3.63) is 27.7 Å². The molecule has 2 N–H and O–H groups in total. The van der Waals surface area contributed by atoms with Crippen LogP contribution in [0.4, 0.5) is 0 Å². The average Bonchev–Trinajstić information content (AvgIpc) is 2.37. The van der Waals surface area contributed by atoms with Gasteiger partial charge in [0.15, 0.2) is 0 Å². The van der Waals surface area contributed by atoms with Gasteiger partial charge in [0.1, 0.15) is 5.75 Å². The molecule has 21 heavy (non-hydrogen) atoms. The Bertz CT molecular complexity index is 600. The fourth-order valence-corrected chi connectivity index (χ4v) is 4.90. The number of nitrogens with two attached hydrogens (primary N) is 1. The molecule has 0 amide bonds. The molecule has 1 saturated carbocycles. The average molecular weight is 397 g/mol. The Morgan fingerprint density at radius 1 is 1.29 bits per heavy atom. The minimum Gasteiger partial charge on any atom is -0.492 e. The number of hydrogen-bond acceptors (Lipinski definition) is 3. The minimum absolute atomic E-state index is 0.0226. The van der Waals surface area contributed by atoms with E-state index in [1.165, 1.54) is 0 Å². The third-order valence-corrected chi connectivity index (χ3v) is 5.72. The standard InChI is InChI=1S/C14H19BrClNO3S/c15-12-8-11(16)4-5-13(12)20-9-14(10-21(17,18)19)6-2-1-3-7-14/h4-5,8H,1-3,6-7,9-10H2,(H2,17,18,19). The second kappa shape index (κ2) is 6.86. The van der Waals surface area contributed by atoms with E-state index in [-0.39, 0.29) is 11.2 Å². The van der Waals surface area contributed by atoms with Gasteiger partial charge in [-0.25, -0.2) is 13.6 Å². The number of primary sulfonamides is 1. The summed E-state index contributed by atoms with van der Waals surface area (Å²) in [6, 6.07) is 5.28. The lowest BCUT2D eigenvalue weighted by atomic mass is 9.76. The number of hydrogen-bond donors (Lipinski definition) is 1. The van der Waals surface area contributed by atoms with Crippen LogP contribution in [-0.4, -0.2) is 20.8 Å². The van der Waals surface area contributed by atoms with Gasteiger partial charge in [-0.15, -0.1) is 0 Å². The summed E-state index contributed by atoms with van der Waals surface area (Å²) in [6.07, 6.45) is 4.82. The molecule has 0 bridgehead atoms. The first-order valence-electron chi connectivity index (χ1n) is 6.88. The molecule has 0 aliphatic heterocycles. The van der Waals surface area contributed by atoms with Gasteiger partial charge in [0, 0.05) is 10.4 Å². The molecule has 118 valence electrons. The summed E-state index contributed by atoms with van der Waals surface area (Å²) >= 11 is 9.30. The quantitative estimate of drug-likeness (QED) is 0.824.